The molecule has 0 unspecified atom stereocenters. The van der Waals surface area contributed by atoms with Gasteiger partial charge in [-0.25, -0.2) is 0 Å². The molecule has 0 heterocycles. The van der Waals surface area contributed by atoms with Crippen LogP contribution in [0, 0.1) is 5.41 Å². The summed E-state index contributed by atoms with van der Waals surface area (Å²) in [7, 11) is 1.99. The second-order valence-corrected chi connectivity index (χ2v) is 5.11. The van der Waals surface area contributed by atoms with Gasteiger partial charge in [-0.05, 0) is 40.7 Å². The Morgan fingerprint density at radius 1 is 1.46 bits per heavy atom. The number of carboxylic acids is 1. The molecule has 0 aliphatic heterocycles. The molecule has 0 spiro atoms. The maximum Gasteiger partial charge on any atom is 0.310 e. The molecule has 3 heteroatoms. The van der Waals surface area contributed by atoms with Gasteiger partial charge < -0.3 is 10.0 Å². The highest BCUT2D eigenvalue weighted by Gasteiger charge is 2.51. The topological polar surface area (TPSA) is 40.5 Å². The third-order valence-corrected chi connectivity index (χ3v) is 2.99. The Kier molecular flexibility index (Phi) is 2.41. The summed E-state index contributed by atoms with van der Waals surface area (Å²) in [5.74, 6) is -0.636. The quantitative estimate of drug-likeness (QED) is 0.725. The molecule has 1 rings (SSSR count). The normalized spacial score (nSPS) is 20.4. The lowest BCUT2D eigenvalue weighted by Crippen LogP contribution is -2.43. The predicted octanol–water partition coefficient (Wildman–Crippen LogP) is 1.58. The lowest BCUT2D eigenvalue weighted by molar-refractivity contribution is -0.144. The minimum Gasteiger partial charge on any atom is -0.481 e. The molecule has 1 aliphatic carbocycles. The summed E-state index contributed by atoms with van der Waals surface area (Å²) in [5.41, 5.74) is -0.368. The van der Waals surface area contributed by atoms with Crippen molar-refractivity contribution in [3.05, 3.63) is 0 Å². The van der Waals surface area contributed by atoms with Gasteiger partial charge in [0.2, 0.25) is 0 Å². The second kappa shape index (κ2) is 2.98. The highest BCUT2D eigenvalue weighted by molar-refractivity contribution is 5.78. The van der Waals surface area contributed by atoms with Crippen molar-refractivity contribution in [2.45, 2.75) is 39.2 Å². The van der Waals surface area contributed by atoms with E-state index in [0.29, 0.717) is 6.54 Å². The average Bonchev–Trinajstić information content (AvgIpc) is 2.66. The largest absolute Gasteiger partial charge is 0.481 e. The molecule has 0 radical (unpaired) electrons. The maximum absolute atomic E-state index is 10.9. The molecule has 0 saturated heterocycles. The van der Waals surface area contributed by atoms with Gasteiger partial charge in [-0.2, -0.15) is 0 Å². The van der Waals surface area contributed by atoms with E-state index in [1.807, 2.05) is 7.05 Å². The Morgan fingerprint density at radius 3 is 2.15 bits per heavy atom. The van der Waals surface area contributed by atoms with Gasteiger partial charge >= 0.3 is 5.97 Å². The number of carboxylic acid groups (broad SMARTS) is 1. The van der Waals surface area contributed by atoms with E-state index >= 15 is 0 Å². The number of hydrogen-bond donors (Lipinski definition) is 1. The maximum atomic E-state index is 10.9. The van der Waals surface area contributed by atoms with E-state index in [-0.39, 0.29) is 5.54 Å². The van der Waals surface area contributed by atoms with E-state index in [1.165, 1.54) is 0 Å². The molecule has 0 bridgehead atoms. The fourth-order valence-electron chi connectivity index (χ4n) is 1.28. The number of nitrogens with zero attached hydrogens (tertiary/aromatic N) is 1. The summed E-state index contributed by atoms with van der Waals surface area (Å²) in [6, 6.07) is 0. The first-order valence-corrected chi connectivity index (χ1v) is 4.73. The summed E-state index contributed by atoms with van der Waals surface area (Å²) in [6.45, 7) is 6.98. The van der Waals surface area contributed by atoms with Crippen LogP contribution in [0.15, 0.2) is 0 Å². The Morgan fingerprint density at radius 2 is 1.92 bits per heavy atom. The minimum absolute atomic E-state index is 0.0606. The zero-order valence-electron chi connectivity index (χ0n) is 8.92. The van der Waals surface area contributed by atoms with Crippen molar-refractivity contribution >= 4 is 5.97 Å². The van der Waals surface area contributed by atoms with Crippen molar-refractivity contribution in [3.8, 4) is 0 Å². The summed E-state index contributed by atoms with van der Waals surface area (Å²) in [6.07, 6.45) is 1.67. The highest BCUT2D eigenvalue weighted by atomic mass is 16.4. The minimum atomic E-state index is -0.636. The zero-order valence-corrected chi connectivity index (χ0v) is 8.92. The summed E-state index contributed by atoms with van der Waals surface area (Å²) >= 11 is 0. The van der Waals surface area contributed by atoms with Crippen molar-refractivity contribution in [2.24, 2.45) is 5.41 Å². The number of aliphatic carboxylic acids is 1. The van der Waals surface area contributed by atoms with Crippen LogP contribution in [0.3, 0.4) is 0 Å². The molecule has 0 aromatic carbocycles. The molecule has 0 atom stereocenters. The van der Waals surface area contributed by atoms with E-state index in [1.54, 1.807) is 0 Å². The van der Waals surface area contributed by atoms with E-state index in [0.717, 1.165) is 12.8 Å². The van der Waals surface area contributed by atoms with E-state index in [9.17, 15) is 4.79 Å². The molecule has 3 nitrogen and oxygen atoms in total. The average molecular weight is 185 g/mol. The number of rotatable bonds is 3. The van der Waals surface area contributed by atoms with Crippen molar-refractivity contribution in [2.75, 3.05) is 13.6 Å². The van der Waals surface area contributed by atoms with Gasteiger partial charge in [-0.3, -0.25) is 4.79 Å². The fourth-order valence-corrected chi connectivity index (χ4v) is 1.28. The van der Waals surface area contributed by atoms with Gasteiger partial charge in [-0.1, -0.05) is 0 Å². The lowest BCUT2D eigenvalue weighted by Gasteiger charge is -2.33. The van der Waals surface area contributed by atoms with Gasteiger partial charge in [0, 0.05) is 12.1 Å². The second-order valence-electron chi connectivity index (χ2n) is 5.11. The van der Waals surface area contributed by atoms with Gasteiger partial charge in [0.25, 0.3) is 0 Å². The van der Waals surface area contributed by atoms with Crippen LogP contribution in [0.1, 0.15) is 33.6 Å². The van der Waals surface area contributed by atoms with Gasteiger partial charge in [0.15, 0.2) is 0 Å². The highest BCUT2D eigenvalue weighted by Crippen LogP contribution is 2.46. The van der Waals surface area contributed by atoms with Gasteiger partial charge in [-0.15, -0.1) is 0 Å². The van der Waals surface area contributed by atoms with Crippen LogP contribution in [0.25, 0.3) is 0 Å². The molecule has 1 aliphatic rings. The molecule has 1 saturated carbocycles. The van der Waals surface area contributed by atoms with Crippen LogP contribution in [-0.4, -0.2) is 35.1 Å². The Balaban J connectivity index is 2.55. The lowest BCUT2D eigenvalue weighted by atomic mass is 10.0. The first-order valence-electron chi connectivity index (χ1n) is 4.73. The third kappa shape index (κ3) is 2.21. The summed E-state index contributed by atoms with van der Waals surface area (Å²) < 4.78 is 0. The molecule has 13 heavy (non-hydrogen) atoms. The SMILES string of the molecule is CN(CC1(C(=O)O)CC1)C(C)(C)C. The van der Waals surface area contributed by atoms with Crippen LogP contribution in [0.4, 0.5) is 0 Å². The van der Waals surface area contributed by atoms with Crippen LogP contribution < -0.4 is 0 Å². The van der Waals surface area contributed by atoms with E-state index in [2.05, 4.69) is 25.7 Å². The smallest absolute Gasteiger partial charge is 0.310 e. The summed E-state index contributed by atoms with van der Waals surface area (Å²) in [4.78, 5) is 13.0. The molecular formula is C10H19NO2. The molecule has 76 valence electrons. The molecular weight excluding hydrogens is 166 g/mol. The van der Waals surface area contributed by atoms with Crippen LogP contribution in [0.5, 0.6) is 0 Å². The summed E-state index contributed by atoms with van der Waals surface area (Å²) in [5, 5.41) is 8.99. The van der Waals surface area contributed by atoms with Gasteiger partial charge in [0.1, 0.15) is 0 Å². The molecule has 1 fully saturated rings. The Hall–Kier alpha value is -0.570. The molecule has 1 N–H and O–H groups in total. The van der Waals surface area contributed by atoms with Crippen molar-refractivity contribution in [3.63, 3.8) is 0 Å². The Bertz CT molecular complexity index is 213. The van der Waals surface area contributed by atoms with Crippen LogP contribution in [-0.2, 0) is 4.79 Å². The van der Waals surface area contributed by atoms with Crippen LogP contribution >= 0.6 is 0 Å². The first-order chi connectivity index (χ1) is 5.78. The number of carbonyl (C=O) groups is 1. The fraction of sp³-hybridized carbons (Fsp3) is 0.900. The predicted molar refractivity (Wildman–Crippen MR) is 51.7 cm³/mol. The first kappa shape index (κ1) is 10.5. The zero-order chi connectivity index (χ0) is 10.3. The molecule has 0 amide bonds. The van der Waals surface area contributed by atoms with Crippen molar-refractivity contribution < 1.29 is 9.90 Å². The van der Waals surface area contributed by atoms with E-state index in [4.69, 9.17) is 5.11 Å². The monoisotopic (exact) mass is 185 g/mol. The van der Waals surface area contributed by atoms with Crippen molar-refractivity contribution in [1.82, 2.24) is 4.90 Å². The number of hydrogen-bond acceptors (Lipinski definition) is 2. The molecule has 0 aromatic rings. The standard InChI is InChI=1S/C10H19NO2/c1-9(2,3)11(4)7-10(5-6-10)8(12)13/h5-7H2,1-4H3,(H,12,13). The van der Waals surface area contributed by atoms with Crippen molar-refractivity contribution in [1.29, 1.82) is 0 Å². The Labute approximate surface area is 79.7 Å². The van der Waals surface area contributed by atoms with Gasteiger partial charge in [0.05, 0.1) is 5.41 Å². The molecule has 0 aromatic heterocycles. The van der Waals surface area contributed by atoms with Crippen LogP contribution in [0.2, 0.25) is 0 Å². The third-order valence-electron chi connectivity index (χ3n) is 2.99. The van der Waals surface area contributed by atoms with E-state index < -0.39 is 11.4 Å².